The van der Waals surface area contributed by atoms with Crippen molar-refractivity contribution in [1.82, 2.24) is 14.8 Å². The van der Waals surface area contributed by atoms with E-state index in [2.05, 4.69) is 16.8 Å². The van der Waals surface area contributed by atoms with Gasteiger partial charge in [0, 0.05) is 44.8 Å². The van der Waals surface area contributed by atoms with Crippen molar-refractivity contribution in [3.8, 4) is 0 Å². The van der Waals surface area contributed by atoms with Crippen LogP contribution in [-0.2, 0) is 11.2 Å². The largest absolute Gasteiger partial charge is 0.340 e. The summed E-state index contributed by atoms with van der Waals surface area (Å²) in [7, 11) is 0. The predicted molar refractivity (Wildman–Crippen MR) is 95.5 cm³/mol. The van der Waals surface area contributed by atoms with Crippen molar-refractivity contribution in [2.24, 2.45) is 0 Å². The summed E-state index contributed by atoms with van der Waals surface area (Å²) in [5.41, 5.74) is 1.27. The highest BCUT2D eigenvalue weighted by atomic mass is 19.1. The first-order valence-corrected chi connectivity index (χ1v) is 8.91. The van der Waals surface area contributed by atoms with Crippen LogP contribution in [0.25, 0.3) is 0 Å². The highest BCUT2D eigenvalue weighted by molar-refractivity contribution is 5.76. The summed E-state index contributed by atoms with van der Waals surface area (Å²) >= 11 is 0. The molecule has 1 aliphatic rings. The standard InChI is InChI=1S/C20H23F2N3O/c1-15(19-4-2-3-9-23-19)24-10-12-25(13-11-24)20(26)8-5-16-14-17(21)6-7-18(16)22/h2-4,6-7,9,14-15H,5,8,10-13H2,1H3. The Morgan fingerprint density at radius 1 is 1.15 bits per heavy atom. The maximum atomic E-state index is 13.7. The SMILES string of the molecule is CC(c1ccccn1)N1CCN(C(=O)CCc2cc(F)ccc2F)CC1. The number of rotatable bonds is 5. The molecule has 3 rings (SSSR count). The first-order valence-electron chi connectivity index (χ1n) is 8.91. The van der Waals surface area contributed by atoms with Crippen molar-refractivity contribution in [2.75, 3.05) is 26.2 Å². The molecule has 0 aliphatic carbocycles. The second kappa shape index (κ2) is 8.36. The Labute approximate surface area is 152 Å². The summed E-state index contributed by atoms with van der Waals surface area (Å²) in [5, 5.41) is 0. The Bertz CT molecular complexity index is 746. The molecule has 0 bridgehead atoms. The monoisotopic (exact) mass is 359 g/mol. The minimum Gasteiger partial charge on any atom is -0.340 e. The highest BCUT2D eigenvalue weighted by Gasteiger charge is 2.25. The van der Waals surface area contributed by atoms with Crippen LogP contribution < -0.4 is 0 Å². The number of aryl methyl sites for hydroxylation is 1. The van der Waals surface area contributed by atoms with Gasteiger partial charge in [-0.3, -0.25) is 14.7 Å². The van der Waals surface area contributed by atoms with Gasteiger partial charge in [0.25, 0.3) is 0 Å². The number of pyridine rings is 1. The van der Waals surface area contributed by atoms with Gasteiger partial charge in [0.1, 0.15) is 11.6 Å². The third kappa shape index (κ3) is 4.43. The number of carbonyl (C=O) groups excluding carboxylic acids is 1. The molecule has 4 nitrogen and oxygen atoms in total. The minimum absolute atomic E-state index is 0.0150. The molecular weight excluding hydrogens is 336 g/mol. The Balaban J connectivity index is 1.50. The molecule has 2 heterocycles. The molecule has 1 atom stereocenters. The second-order valence-electron chi connectivity index (χ2n) is 6.58. The lowest BCUT2D eigenvalue weighted by molar-refractivity contribution is -0.133. The average molecular weight is 359 g/mol. The fourth-order valence-electron chi connectivity index (χ4n) is 3.30. The van der Waals surface area contributed by atoms with Crippen molar-refractivity contribution >= 4 is 5.91 Å². The summed E-state index contributed by atoms with van der Waals surface area (Å²) in [6.07, 6.45) is 2.19. The number of piperazine rings is 1. The van der Waals surface area contributed by atoms with Crippen LogP contribution in [0.3, 0.4) is 0 Å². The fraction of sp³-hybridized carbons (Fsp3) is 0.400. The van der Waals surface area contributed by atoms with E-state index in [1.807, 2.05) is 18.2 Å². The minimum atomic E-state index is -0.481. The molecule has 1 amide bonds. The molecular formula is C20H23F2N3O. The maximum Gasteiger partial charge on any atom is 0.222 e. The van der Waals surface area contributed by atoms with E-state index < -0.39 is 11.6 Å². The topological polar surface area (TPSA) is 36.4 Å². The van der Waals surface area contributed by atoms with Gasteiger partial charge in [-0.15, -0.1) is 0 Å². The van der Waals surface area contributed by atoms with Gasteiger partial charge < -0.3 is 4.90 Å². The van der Waals surface area contributed by atoms with Crippen LogP contribution in [0.1, 0.15) is 30.6 Å². The zero-order valence-corrected chi connectivity index (χ0v) is 14.9. The van der Waals surface area contributed by atoms with Crippen molar-refractivity contribution in [3.63, 3.8) is 0 Å². The summed E-state index contributed by atoms with van der Waals surface area (Å²) in [6.45, 7) is 4.95. The molecule has 1 aliphatic heterocycles. The van der Waals surface area contributed by atoms with Gasteiger partial charge in [0.2, 0.25) is 5.91 Å². The molecule has 1 aromatic heterocycles. The third-order valence-corrected chi connectivity index (χ3v) is 4.95. The molecule has 0 N–H and O–H groups in total. The van der Waals surface area contributed by atoms with E-state index in [1.54, 1.807) is 11.1 Å². The van der Waals surface area contributed by atoms with Crippen molar-refractivity contribution in [3.05, 3.63) is 65.5 Å². The van der Waals surface area contributed by atoms with E-state index in [-0.39, 0.29) is 30.4 Å². The molecule has 1 unspecified atom stereocenters. The number of amides is 1. The smallest absolute Gasteiger partial charge is 0.222 e. The molecule has 0 radical (unpaired) electrons. The zero-order valence-electron chi connectivity index (χ0n) is 14.9. The molecule has 1 fully saturated rings. The Morgan fingerprint density at radius 2 is 1.92 bits per heavy atom. The van der Waals surface area contributed by atoms with Crippen LogP contribution in [-0.4, -0.2) is 46.9 Å². The van der Waals surface area contributed by atoms with Gasteiger partial charge in [-0.2, -0.15) is 0 Å². The molecule has 0 spiro atoms. The van der Waals surface area contributed by atoms with Gasteiger partial charge in [0.15, 0.2) is 0 Å². The first-order chi connectivity index (χ1) is 12.5. The number of carbonyl (C=O) groups is 1. The second-order valence-corrected chi connectivity index (χ2v) is 6.58. The molecule has 1 saturated heterocycles. The number of aromatic nitrogens is 1. The van der Waals surface area contributed by atoms with E-state index in [0.717, 1.165) is 37.0 Å². The quantitative estimate of drug-likeness (QED) is 0.823. The maximum absolute atomic E-state index is 13.7. The Kier molecular flexibility index (Phi) is 5.93. The lowest BCUT2D eigenvalue weighted by atomic mass is 10.1. The third-order valence-electron chi connectivity index (χ3n) is 4.95. The Morgan fingerprint density at radius 3 is 2.62 bits per heavy atom. The molecule has 138 valence electrons. The van der Waals surface area contributed by atoms with Gasteiger partial charge >= 0.3 is 0 Å². The molecule has 2 aromatic rings. The number of hydrogen-bond donors (Lipinski definition) is 0. The van der Waals surface area contributed by atoms with E-state index in [1.165, 1.54) is 0 Å². The molecule has 6 heteroatoms. The van der Waals surface area contributed by atoms with Crippen molar-refractivity contribution in [1.29, 1.82) is 0 Å². The lowest BCUT2D eigenvalue weighted by Crippen LogP contribution is -2.49. The van der Waals surface area contributed by atoms with E-state index in [9.17, 15) is 13.6 Å². The van der Waals surface area contributed by atoms with Crippen molar-refractivity contribution in [2.45, 2.75) is 25.8 Å². The zero-order chi connectivity index (χ0) is 18.5. The molecule has 0 saturated carbocycles. The Hall–Kier alpha value is -2.34. The number of hydrogen-bond acceptors (Lipinski definition) is 3. The number of benzene rings is 1. The highest BCUT2D eigenvalue weighted by Crippen LogP contribution is 2.20. The van der Waals surface area contributed by atoms with Crippen LogP contribution in [0.15, 0.2) is 42.6 Å². The number of halogens is 2. The average Bonchev–Trinajstić information content (AvgIpc) is 2.68. The molecule has 1 aromatic carbocycles. The summed E-state index contributed by atoms with van der Waals surface area (Å²) in [5.74, 6) is -0.960. The van der Waals surface area contributed by atoms with E-state index in [4.69, 9.17) is 0 Å². The van der Waals surface area contributed by atoms with Gasteiger partial charge in [-0.25, -0.2) is 8.78 Å². The van der Waals surface area contributed by atoms with Crippen LogP contribution in [0.5, 0.6) is 0 Å². The van der Waals surface area contributed by atoms with Gasteiger partial charge in [0.05, 0.1) is 5.69 Å². The number of nitrogens with zero attached hydrogens (tertiary/aromatic N) is 3. The van der Waals surface area contributed by atoms with Crippen LogP contribution in [0, 0.1) is 11.6 Å². The van der Waals surface area contributed by atoms with Crippen LogP contribution in [0.2, 0.25) is 0 Å². The predicted octanol–water partition coefficient (Wildman–Crippen LogP) is 3.20. The van der Waals surface area contributed by atoms with Crippen LogP contribution in [0.4, 0.5) is 8.78 Å². The van der Waals surface area contributed by atoms with Crippen LogP contribution >= 0.6 is 0 Å². The van der Waals surface area contributed by atoms with E-state index >= 15 is 0 Å². The summed E-state index contributed by atoms with van der Waals surface area (Å²) in [6, 6.07) is 9.44. The first kappa shape index (κ1) is 18.5. The summed E-state index contributed by atoms with van der Waals surface area (Å²) in [4.78, 5) is 20.9. The van der Waals surface area contributed by atoms with Gasteiger partial charge in [-0.1, -0.05) is 6.07 Å². The fourth-order valence-corrected chi connectivity index (χ4v) is 3.30. The molecule has 26 heavy (non-hydrogen) atoms. The normalized spacial score (nSPS) is 16.5. The summed E-state index contributed by atoms with van der Waals surface area (Å²) < 4.78 is 26.9. The van der Waals surface area contributed by atoms with Gasteiger partial charge in [-0.05, 0) is 49.2 Å². The van der Waals surface area contributed by atoms with Crippen molar-refractivity contribution < 1.29 is 13.6 Å². The van der Waals surface area contributed by atoms with E-state index in [0.29, 0.717) is 13.1 Å². The lowest BCUT2D eigenvalue weighted by Gasteiger charge is -2.38.